The lowest BCUT2D eigenvalue weighted by atomic mass is 10.2. The number of hydrogen-bond donors (Lipinski definition) is 0. The summed E-state index contributed by atoms with van der Waals surface area (Å²) >= 11 is 0. The standard InChI is InChI=1S/C8H4F5O/c1-14-7-4(8(11,12)13)2-3-5(9)6(7)10/h2H,1H3. The second-order valence-corrected chi connectivity index (χ2v) is 2.36. The van der Waals surface area contributed by atoms with Crippen LogP contribution in [0.25, 0.3) is 0 Å². The zero-order valence-corrected chi connectivity index (χ0v) is 6.88. The van der Waals surface area contributed by atoms with Crippen LogP contribution in [0, 0.1) is 17.7 Å². The molecule has 0 saturated carbocycles. The Morgan fingerprint density at radius 3 is 2.29 bits per heavy atom. The van der Waals surface area contributed by atoms with E-state index in [0.717, 1.165) is 7.11 Å². The molecule has 14 heavy (non-hydrogen) atoms. The highest BCUT2D eigenvalue weighted by atomic mass is 19.4. The van der Waals surface area contributed by atoms with Gasteiger partial charge in [0.2, 0.25) is 5.82 Å². The van der Waals surface area contributed by atoms with E-state index in [1.54, 1.807) is 0 Å². The van der Waals surface area contributed by atoms with Gasteiger partial charge in [-0.25, -0.2) is 4.39 Å². The normalized spacial score (nSPS) is 11.6. The molecular weight excluding hydrogens is 207 g/mol. The van der Waals surface area contributed by atoms with E-state index in [4.69, 9.17) is 0 Å². The van der Waals surface area contributed by atoms with Crippen molar-refractivity contribution in [1.29, 1.82) is 0 Å². The van der Waals surface area contributed by atoms with Crippen LogP contribution in [0.1, 0.15) is 5.56 Å². The molecule has 0 amide bonds. The molecule has 1 radical (unpaired) electrons. The van der Waals surface area contributed by atoms with Crippen LogP contribution >= 0.6 is 0 Å². The van der Waals surface area contributed by atoms with Gasteiger partial charge in [0.1, 0.15) is 5.56 Å². The Balaban J connectivity index is 3.39. The van der Waals surface area contributed by atoms with Crippen molar-refractivity contribution < 1.29 is 26.7 Å². The fraction of sp³-hybridized carbons (Fsp3) is 0.250. The minimum absolute atomic E-state index is 0.303. The average molecular weight is 211 g/mol. The Labute approximate surface area is 76.1 Å². The average Bonchev–Trinajstić information content (AvgIpc) is 2.07. The third-order valence-corrected chi connectivity index (χ3v) is 1.49. The number of hydrogen-bond acceptors (Lipinski definition) is 1. The van der Waals surface area contributed by atoms with Crippen LogP contribution < -0.4 is 4.74 Å². The number of alkyl halides is 3. The summed E-state index contributed by atoms with van der Waals surface area (Å²) in [5.41, 5.74) is -1.39. The van der Waals surface area contributed by atoms with E-state index in [0.29, 0.717) is 6.07 Å². The second kappa shape index (κ2) is 3.43. The SMILES string of the molecule is COc1c(C(F)(F)F)c[c]c(F)c1F. The minimum Gasteiger partial charge on any atom is -0.493 e. The summed E-state index contributed by atoms with van der Waals surface area (Å²) < 4.78 is 65.8. The van der Waals surface area contributed by atoms with Crippen molar-refractivity contribution in [3.63, 3.8) is 0 Å². The summed E-state index contributed by atoms with van der Waals surface area (Å²) in [5.74, 6) is -4.36. The Morgan fingerprint density at radius 1 is 1.29 bits per heavy atom. The first-order valence-corrected chi connectivity index (χ1v) is 3.38. The van der Waals surface area contributed by atoms with Gasteiger partial charge in [0.15, 0.2) is 11.6 Å². The first-order valence-electron chi connectivity index (χ1n) is 3.38. The zero-order chi connectivity index (χ0) is 10.9. The lowest BCUT2D eigenvalue weighted by Crippen LogP contribution is -2.09. The van der Waals surface area contributed by atoms with E-state index in [9.17, 15) is 22.0 Å². The molecule has 1 aromatic rings. The van der Waals surface area contributed by atoms with Crippen molar-refractivity contribution in [3.05, 3.63) is 29.3 Å². The zero-order valence-electron chi connectivity index (χ0n) is 6.88. The fourth-order valence-corrected chi connectivity index (χ4v) is 0.892. The van der Waals surface area contributed by atoms with Gasteiger partial charge in [-0.05, 0) is 6.07 Å². The molecule has 77 valence electrons. The summed E-state index contributed by atoms with van der Waals surface area (Å²) in [7, 11) is 0.826. The first-order chi connectivity index (χ1) is 6.38. The summed E-state index contributed by atoms with van der Waals surface area (Å²) in [4.78, 5) is 0. The molecule has 0 saturated heterocycles. The number of methoxy groups -OCH3 is 1. The van der Waals surface area contributed by atoms with E-state index in [-0.39, 0.29) is 0 Å². The predicted octanol–water partition coefficient (Wildman–Crippen LogP) is 2.79. The molecule has 0 aliphatic carbocycles. The van der Waals surface area contributed by atoms with E-state index in [1.807, 2.05) is 0 Å². The maximum atomic E-state index is 12.8. The molecule has 6 heteroatoms. The molecule has 0 heterocycles. The molecule has 0 N–H and O–H groups in total. The number of rotatable bonds is 1. The molecule has 0 aromatic heterocycles. The van der Waals surface area contributed by atoms with Crippen molar-refractivity contribution in [2.45, 2.75) is 6.18 Å². The molecule has 0 aliphatic rings. The lowest BCUT2D eigenvalue weighted by molar-refractivity contribution is -0.139. The predicted molar refractivity (Wildman–Crippen MR) is 36.7 cm³/mol. The van der Waals surface area contributed by atoms with E-state index >= 15 is 0 Å². The summed E-state index contributed by atoms with van der Waals surface area (Å²) in [6.07, 6.45) is -4.80. The van der Waals surface area contributed by atoms with Crippen LogP contribution in [0.5, 0.6) is 5.75 Å². The Kier molecular flexibility index (Phi) is 2.64. The molecule has 0 aliphatic heterocycles. The maximum absolute atomic E-state index is 12.8. The van der Waals surface area contributed by atoms with E-state index in [1.165, 1.54) is 6.07 Å². The van der Waals surface area contributed by atoms with Crippen LogP contribution in [0.3, 0.4) is 0 Å². The van der Waals surface area contributed by atoms with Gasteiger partial charge in [-0.1, -0.05) is 0 Å². The number of benzene rings is 1. The third kappa shape index (κ3) is 1.78. The third-order valence-electron chi connectivity index (χ3n) is 1.49. The second-order valence-electron chi connectivity index (χ2n) is 2.36. The van der Waals surface area contributed by atoms with Gasteiger partial charge in [-0.3, -0.25) is 0 Å². The topological polar surface area (TPSA) is 9.23 Å². The Bertz CT molecular complexity index is 344. The van der Waals surface area contributed by atoms with Gasteiger partial charge >= 0.3 is 6.18 Å². The molecule has 1 rings (SSSR count). The fourth-order valence-electron chi connectivity index (χ4n) is 0.892. The summed E-state index contributed by atoms with van der Waals surface area (Å²) in [5, 5.41) is 0. The summed E-state index contributed by atoms with van der Waals surface area (Å²) in [6.45, 7) is 0. The van der Waals surface area contributed by atoms with Crippen LogP contribution in [0.4, 0.5) is 22.0 Å². The van der Waals surface area contributed by atoms with Crippen molar-refractivity contribution in [2.24, 2.45) is 0 Å². The van der Waals surface area contributed by atoms with E-state index in [2.05, 4.69) is 4.74 Å². The highest BCUT2D eigenvalue weighted by Crippen LogP contribution is 2.37. The molecular formula is C8H4F5O. The first kappa shape index (κ1) is 10.7. The Hall–Kier alpha value is -1.33. The van der Waals surface area contributed by atoms with Gasteiger partial charge in [0, 0.05) is 6.07 Å². The molecule has 0 spiro atoms. The van der Waals surface area contributed by atoms with Gasteiger partial charge < -0.3 is 4.74 Å². The van der Waals surface area contributed by atoms with Crippen molar-refractivity contribution >= 4 is 0 Å². The van der Waals surface area contributed by atoms with Crippen LogP contribution in [-0.4, -0.2) is 7.11 Å². The smallest absolute Gasteiger partial charge is 0.420 e. The van der Waals surface area contributed by atoms with Crippen LogP contribution in [0.2, 0.25) is 0 Å². The molecule has 1 aromatic carbocycles. The summed E-state index contributed by atoms with van der Waals surface area (Å²) in [6, 6.07) is 1.81. The highest BCUT2D eigenvalue weighted by molar-refractivity contribution is 5.37. The van der Waals surface area contributed by atoms with E-state index < -0.39 is 29.1 Å². The number of ether oxygens (including phenoxy) is 1. The lowest BCUT2D eigenvalue weighted by Gasteiger charge is -2.11. The molecule has 0 bridgehead atoms. The molecule has 0 atom stereocenters. The highest BCUT2D eigenvalue weighted by Gasteiger charge is 2.36. The molecule has 0 fully saturated rings. The van der Waals surface area contributed by atoms with Gasteiger partial charge in [0.25, 0.3) is 0 Å². The van der Waals surface area contributed by atoms with Gasteiger partial charge in [-0.2, -0.15) is 17.6 Å². The van der Waals surface area contributed by atoms with Crippen molar-refractivity contribution in [1.82, 2.24) is 0 Å². The van der Waals surface area contributed by atoms with Gasteiger partial charge in [0.05, 0.1) is 7.11 Å². The largest absolute Gasteiger partial charge is 0.493 e. The van der Waals surface area contributed by atoms with Crippen LogP contribution in [-0.2, 0) is 6.18 Å². The van der Waals surface area contributed by atoms with Crippen LogP contribution in [0.15, 0.2) is 6.07 Å². The molecule has 1 nitrogen and oxygen atoms in total. The molecule has 0 unspecified atom stereocenters. The Morgan fingerprint density at radius 2 is 1.86 bits per heavy atom. The quantitative estimate of drug-likeness (QED) is 0.649. The number of halogens is 5. The van der Waals surface area contributed by atoms with Crippen molar-refractivity contribution in [2.75, 3.05) is 7.11 Å². The monoisotopic (exact) mass is 211 g/mol. The minimum atomic E-state index is -4.80. The van der Waals surface area contributed by atoms with Gasteiger partial charge in [-0.15, -0.1) is 0 Å². The van der Waals surface area contributed by atoms with Crippen molar-refractivity contribution in [3.8, 4) is 5.75 Å². The maximum Gasteiger partial charge on any atom is 0.420 e.